The maximum Gasteiger partial charge on any atom is 0.263 e. The number of hydrogen-bond donors (Lipinski definition) is 3. The third-order valence-corrected chi connectivity index (χ3v) is 5.09. The predicted molar refractivity (Wildman–Crippen MR) is 115 cm³/mol. The molecule has 1 aromatic carbocycles. The SMILES string of the molecule is COc1ccc(Nc2cc(C)nc(NCCNC(=O)c3sc(C)nc3C)n2)cc1. The van der Waals surface area contributed by atoms with E-state index in [4.69, 9.17) is 4.74 Å². The molecule has 0 bridgehead atoms. The van der Waals surface area contributed by atoms with Gasteiger partial charge in [-0.3, -0.25) is 4.79 Å². The first-order chi connectivity index (χ1) is 13.9. The van der Waals surface area contributed by atoms with Crippen molar-refractivity contribution in [1.82, 2.24) is 20.3 Å². The summed E-state index contributed by atoms with van der Waals surface area (Å²) in [4.78, 5) is 26.0. The zero-order valence-electron chi connectivity index (χ0n) is 16.9. The predicted octanol–water partition coefficient (Wildman–Crippen LogP) is 3.45. The molecule has 0 aliphatic rings. The van der Waals surface area contributed by atoms with Gasteiger partial charge in [0.25, 0.3) is 5.91 Å². The molecule has 0 radical (unpaired) electrons. The molecule has 0 fully saturated rings. The van der Waals surface area contributed by atoms with Gasteiger partial charge < -0.3 is 20.7 Å². The molecule has 3 rings (SSSR count). The maximum atomic E-state index is 12.2. The molecule has 29 heavy (non-hydrogen) atoms. The van der Waals surface area contributed by atoms with E-state index in [2.05, 4.69) is 30.9 Å². The molecule has 0 saturated heterocycles. The number of rotatable bonds is 8. The van der Waals surface area contributed by atoms with Gasteiger partial charge in [0.1, 0.15) is 16.4 Å². The molecule has 2 aromatic heterocycles. The van der Waals surface area contributed by atoms with Crippen LogP contribution in [0.4, 0.5) is 17.5 Å². The molecule has 9 heteroatoms. The summed E-state index contributed by atoms with van der Waals surface area (Å²) in [7, 11) is 1.64. The fourth-order valence-corrected chi connectivity index (χ4v) is 3.54. The fraction of sp³-hybridized carbons (Fsp3) is 0.300. The van der Waals surface area contributed by atoms with Crippen molar-refractivity contribution in [2.24, 2.45) is 0 Å². The fourth-order valence-electron chi connectivity index (χ4n) is 2.71. The third-order valence-electron chi connectivity index (χ3n) is 4.02. The van der Waals surface area contributed by atoms with Gasteiger partial charge in [0, 0.05) is 30.5 Å². The van der Waals surface area contributed by atoms with Crippen molar-refractivity contribution in [3.05, 3.63) is 51.6 Å². The Bertz CT molecular complexity index is 987. The summed E-state index contributed by atoms with van der Waals surface area (Å²) >= 11 is 1.40. The Labute approximate surface area is 173 Å². The zero-order valence-corrected chi connectivity index (χ0v) is 17.7. The highest BCUT2D eigenvalue weighted by Gasteiger charge is 2.13. The van der Waals surface area contributed by atoms with Crippen LogP contribution in [0.1, 0.15) is 26.1 Å². The van der Waals surface area contributed by atoms with Gasteiger partial charge >= 0.3 is 0 Å². The van der Waals surface area contributed by atoms with Crippen LogP contribution in [0.5, 0.6) is 5.75 Å². The Morgan fingerprint density at radius 2 is 1.83 bits per heavy atom. The highest BCUT2D eigenvalue weighted by molar-refractivity contribution is 7.13. The van der Waals surface area contributed by atoms with E-state index in [0.29, 0.717) is 29.7 Å². The number of carbonyl (C=O) groups is 1. The minimum absolute atomic E-state index is 0.109. The summed E-state index contributed by atoms with van der Waals surface area (Å²) < 4.78 is 5.17. The van der Waals surface area contributed by atoms with Gasteiger partial charge in [-0.1, -0.05) is 0 Å². The summed E-state index contributed by atoms with van der Waals surface area (Å²) in [6, 6.07) is 9.46. The number of ether oxygens (including phenoxy) is 1. The molecule has 3 aromatic rings. The molecule has 2 heterocycles. The number of nitrogens with one attached hydrogen (secondary N) is 3. The van der Waals surface area contributed by atoms with Crippen molar-refractivity contribution < 1.29 is 9.53 Å². The third kappa shape index (κ3) is 5.64. The lowest BCUT2D eigenvalue weighted by Gasteiger charge is -2.11. The Morgan fingerprint density at radius 1 is 1.07 bits per heavy atom. The molecule has 0 spiro atoms. The van der Waals surface area contributed by atoms with E-state index in [-0.39, 0.29) is 5.91 Å². The van der Waals surface area contributed by atoms with Crippen molar-refractivity contribution in [2.75, 3.05) is 30.8 Å². The maximum absolute atomic E-state index is 12.2. The van der Waals surface area contributed by atoms with Crippen molar-refractivity contribution in [1.29, 1.82) is 0 Å². The first-order valence-electron chi connectivity index (χ1n) is 9.17. The van der Waals surface area contributed by atoms with E-state index in [9.17, 15) is 4.79 Å². The van der Waals surface area contributed by atoms with Crippen LogP contribution in [0.25, 0.3) is 0 Å². The number of benzene rings is 1. The standard InChI is InChI=1S/C20H24N6O2S/c1-12-11-17(25-15-5-7-16(28-4)8-6-15)26-20(23-12)22-10-9-21-19(27)18-13(2)24-14(3)29-18/h5-8,11H,9-10H2,1-4H3,(H,21,27)(H2,22,23,25,26). The Morgan fingerprint density at radius 3 is 2.48 bits per heavy atom. The van der Waals surface area contributed by atoms with Crippen LogP contribution in [0.2, 0.25) is 0 Å². The lowest BCUT2D eigenvalue weighted by molar-refractivity contribution is 0.0958. The van der Waals surface area contributed by atoms with Crippen LogP contribution in [-0.4, -0.2) is 41.1 Å². The number of aryl methyl sites for hydroxylation is 3. The normalized spacial score (nSPS) is 10.5. The van der Waals surface area contributed by atoms with E-state index < -0.39 is 0 Å². The van der Waals surface area contributed by atoms with Gasteiger partial charge in [0.2, 0.25) is 5.95 Å². The largest absolute Gasteiger partial charge is 0.497 e. The lowest BCUT2D eigenvalue weighted by atomic mass is 10.3. The van der Waals surface area contributed by atoms with Crippen LogP contribution in [0.3, 0.4) is 0 Å². The number of aromatic nitrogens is 3. The Hall–Kier alpha value is -3.20. The summed E-state index contributed by atoms with van der Waals surface area (Å²) in [6.45, 7) is 6.60. The Balaban J connectivity index is 1.54. The summed E-state index contributed by atoms with van der Waals surface area (Å²) in [5, 5.41) is 10.2. The number of anilines is 3. The second kappa shape index (κ2) is 9.33. The van der Waals surface area contributed by atoms with E-state index in [0.717, 1.165) is 27.8 Å². The van der Waals surface area contributed by atoms with Crippen LogP contribution in [0, 0.1) is 20.8 Å². The molecule has 1 amide bonds. The van der Waals surface area contributed by atoms with Gasteiger partial charge in [0.05, 0.1) is 17.8 Å². The van der Waals surface area contributed by atoms with Crippen molar-refractivity contribution in [3.8, 4) is 5.75 Å². The molecule has 0 atom stereocenters. The molecule has 8 nitrogen and oxygen atoms in total. The average molecular weight is 413 g/mol. The van der Waals surface area contributed by atoms with Crippen molar-refractivity contribution in [2.45, 2.75) is 20.8 Å². The Kier molecular flexibility index (Phi) is 6.61. The minimum atomic E-state index is -0.109. The summed E-state index contributed by atoms with van der Waals surface area (Å²) in [6.07, 6.45) is 0. The highest BCUT2D eigenvalue weighted by atomic mass is 32.1. The molecular formula is C20H24N6O2S. The molecule has 3 N–H and O–H groups in total. The van der Waals surface area contributed by atoms with Gasteiger partial charge in [-0.15, -0.1) is 11.3 Å². The number of amides is 1. The number of thiazole rings is 1. The molecule has 0 saturated carbocycles. The van der Waals surface area contributed by atoms with E-state index in [1.54, 1.807) is 7.11 Å². The lowest BCUT2D eigenvalue weighted by Crippen LogP contribution is -2.29. The second-order valence-corrected chi connectivity index (χ2v) is 7.60. The summed E-state index contributed by atoms with van der Waals surface area (Å²) in [5.41, 5.74) is 2.49. The highest BCUT2D eigenvalue weighted by Crippen LogP contribution is 2.20. The second-order valence-electron chi connectivity index (χ2n) is 6.40. The topological polar surface area (TPSA) is 101 Å². The molecule has 0 aliphatic heterocycles. The van der Waals surface area contributed by atoms with Gasteiger partial charge in [-0.25, -0.2) is 9.97 Å². The van der Waals surface area contributed by atoms with E-state index in [1.165, 1.54) is 11.3 Å². The number of hydrogen-bond acceptors (Lipinski definition) is 8. The van der Waals surface area contributed by atoms with Crippen LogP contribution in [-0.2, 0) is 0 Å². The average Bonchev–Trinajstić information content (AvgIpc) is 3.03. The molecular weight excluding hydrogens is 388 g/mol. The first kappa shape index (κ1) is 20.5. The van der Waals surface area contributed by atoms with E-state index in [1.807, 2.05) is 51.1 Å². The monoisotopic (exact) mass is 412 g/mol. The van der Waals surface area contributed by atoms with Gasteiger partial charge in [-0.2, -0.15) is 4.98 Å². The smallest absolute Gasteiger partial charge is 0.263 e. The summed E-state index contributed by atoms with van der Waals surface area (Å²) in [5.74, 6) is 1.87. The number of carbonyl (C=O) groups excluding carboxylic acids is 1. The van der Waals surface area contributed by atoms with E-state index >= 15 is 0 Å². The number of methoxy groups -OCH3 is 1. The zero-order chi connectivity index (χ0) is 20.8. The minimum Gasteiger partial charge on any atom is -0.497 e. The van der Waals surface area contributed by atoms with Crippen molar-refractivity contribution in [3.63, 3.8) is 0 Å². The van der Waals surface area contributed by atoms with Gasteiger partial charge in [-0.05, 0) is 45.0 Å². The molecule has 152 valence electrons. The van der Waals surface area contributed by atoms with Crippen molar-refractivity contribution >= 4 is 34.7 Å². The molecule has 0 aliphatic carbocycles. The van der Waals surface area contributed by atoms with Crippen LogP contribution >= 0.6 is 11.3 Å². The molecule has 0 unspecified atom stereocenters. The van der Waals surface area contributed by atoms with Crippen LogP contribution < -0.4 is 20.7 Å². The quantitative estimate of drug-likeness (QED) is 0.487. The number of nitrogens with zero attached hydrogens (tertiary/aromatic N) is 3. The van der Waals surface area contributed by atoms with Crippen LogP contribution in [0.15, 0.2) is 30.3 Å². The van der Waals surface area contributed by atoms with Gasteiger partial charge in [0.15, 0.2) is 0 Å². The first-order valence-corrected chi connectivity index (χ1v) is 9.99.